The minimum atomic E-state index is -2.84. The molecule has 0 radical (unpaired) electrons. The van der Waals surface area contributed by atoms with E-state index in [1.165, 1.54) is 18.7 Å². The summed E-state index contributed by atoms with van der Waals surface area (Å²) in [7, 11) is 3.07. The van der Waals surface area contributed by atoms with Crippen molar-refractivity contribution < 1.29 is 23.0 Å². The zero-order valence-electron chi connectivity index (χ0n) is 12.5. The molecule has 2 rings (SSSR count). The van der Waals surface area contributed by atoms with Crippen molar-refractivity contribution in [2.45, 2.75) is 13.5 Å². The summed E-state index contributed by atoms with van der Waals surface area (Å²) in [5.74, 6) is 1.26. The third-order valence-electron chi connectivity index (χ3n) is 2.66. The minimum absolute atomic E-state index is 0.0203. The quantitative estimate of drug-likeness (QED) is 0.748. The van der Waals surface area contributed by atoms with E-state index in [2.05, 4.69) is 20.7 Å². The van der Waals surface area contributed by atoms with Gasteiger partial charge in [-0.25, -0.2) is 0 Å². The number of aryl methyl sites for hydroxylation is 1. The van der Waals surface area contributed by atoms with E-state index in [0.717, 1.165) is 5.75 Å². The summed E-state index contributed by atoms with van der Waals surface area (Å²) in [5.41, 5.74) is 1.18. The highest BCUT2D eigenvalue weighted by atomic mass is 79.9. The summed E-state index contributed by atoms with van der Waals surface area (Å²) >= 11 is 3.13. The van der Waals surface area contributed by atoms with E-state index in [1.54, 1.807) is 19.2 Å². The molecule has 0 fully saturated rings. The van der Waals surface area contributed by atoms with Crippen molar-refractivity contribution >= 4 is 15.9 Å². The number of alkyl halides is 2. The maximum atomic E-state index is 11.9. The number of hydrogen-bond acceptors (Lipinski definition) is 3. The Morgan fingerprint density at radius 1 is 0.909 bits per heavy atom. The number of methoxy groups -OCH3 is 2. The van der Waals surface area contributed by atoms with E-state index in [-0.39, 0.29) is 11.5 Å². The van der Waals surface area contributed by atoms with Gasteiger partial charge in [-0.05, 0) is 36.8 Å². The van der Waals surface area contributed by atoms with Crippen LogP contribution in [0.25, 0.3) is 0 Å². The first-order chi connectivity index (χ1) is 10.5. The molecule has 0 aliphatic carbocycles. The van der Waals surface area contributed by atoms with Crippen molar-refractivity contribution in [1.82, 2.24) is 0 Å². The molecule has 0 N–H and O–H groups in total. The first-order valence-electron chi connectivity index (χ1n) is 6.36. The number of hydrogen-bond donors (Lipinski definition) is 0. The fraction of sp³-hybridized carbons (Fsp3) is 0.250. The molecule has 120 valence electrons. The molecule has 0 heterocycles. The average molecular weight is 375 g/mol. The standard InChI is InChI=1S/C8H7BrF2O2.C8H10O/c1-12-6-3-2-5(9)4-7(6)13-8(10)11;1-7-5-3-4-6-8(7)9-2/h2-4,8H,1H3;3-6H,1-2H3. The van der Waals surface area contributed by atoms with Crippen LogP contribution < -0.4 is 14.2 Å². The summed E-state index contributed by atoms with van der Waals surface area (Å²) < 4.78 is 38.5. The smallest absolute Gasteiger partial charge is 0.387 e. The van der Waals surface area contributed by atoms with E-state index in [9.17, 15) is 8.78 Å². The van der Waals surface area contributed by atoms with Gasteiger partial charge in [-0.1, -0.05) is 34.1 Å². The molecule has 0 unspecified atom stereocenters. The van der Waals surface area contributed by atoms with Crippen molar-refractivity contribution in [2.24, 2.45) is 0 Å². The molecule has 0 bridgehead atoms. The lowest BCUT2D eigenvalue weighted by molar-refractivity contribution is -0.0512. The van der Waals surface area contributed by atoms with Crippen LogP contribution in [0.15, 0.2) is 46.9 Å². The second-order valence-corrected chi connectivity index (χ2v) is 5.06. The molecule has 0 spiro atoms. The van der Waals surface area contributed by atoms with Crippen LogP contribution in [0.1, 0.15) is 5.56 Å². The Morgan fingerprint density at radius 3 is 2.05 bits per heavy atom. The SMILES string of the molecule is COc1ccc(Br)cc1OC(F)F.COc1ccccc1C. The van der Waals surface area contributed by atoms with Crippen LogP contribution >= 0.6 is 15.9 Å². The van der Waals surface area contributed by atoms with Crippen LogP contribution in [0.4, 0.5) is 8.78 Å². The normalized spacial score (nSPS) is 9.77. The zero-order chi connectivity index (χ0) is 16.5. The summed E-state index contributed by atoms with van der Waals surface area (Å²) in [6, 6.07) is 12.6. The van der Waals surface area contributed by atoms with Gasteiger partial charge in [-0.3, -0.25) is 0 Å². The van der Waals surface area contributed by atoms with Gasteiger partial charge in [0.05, 0.1) is 14.2 Å². The van der Waals surface area contributed by atoms with Crippen LogP contribution in [0.5, 0.6) is 17.2 Å². The molecular formula is C16H17BrF2O3. The molecule has 6 heteroatoms. The Labute approximate surface area is 136 Å². The molecular weight excluding hydrogens is 358 g/mol. The highest BCUT2D eigenvalue weighted by molar-refractivity contribution is 9.10. The van der Waals surface area contributed by atoms with Gasteiger partial charge in [0.2, 0.25) is 0 Å². The molecule has 0 amide bonds. The van der Waals surface area contributed by atoms with Gasteiger partial charge in [0.1, 0.15) is 5.75 Å². The Balaban J connectivity index is 0.000000235. The third-order valence-corrected chi connectivity index (χ3v) is 3.15. The maximum Gasteiger partial charge on any atom is 0.387 e. The monoisotopic (exact) mass is 374 g/mol. The van der Waals surface area contributed by atoms with Crippen molar-refractivity contribution in [3.05, 3.63) is 52.5 Å². The van der Waals surface area contributed by atoms with E-state index in [0.29, 0.717) is 4.47 Å². The van der Waals surface area contributed by atoms with Crippen LogP contribution in [0.2, 0.25) is 0 Å². The molecule has 0 saturated heterocycles. The number of benzene rings is 2. The van der Waals surface area contributed by atoms with Gasteiger partial charge in [0.25, 0.3) is 0 Å². The first kappa shape index (κ1) is 18.2. The molecule has 0 aliphatic heterocycles. The van der Waals surface area contributed by atoms with Gasteiger partial charge in [-0.2, -0.15) is 8.78 Å². The van der Waals surface area contributed by atoms with Crippen molar-refractivity contribution in [1.29, 1.82) is 0 Å². The number of para-hydroxylation sites is 1. The fourth-order valence-electron chi connectivity index (χ4n) is 1.62. The van der Waals surface area contributed by atoms with Gasteiger partial charge < -0.3 is 14.2 Å². The Hall–Kier alpha value is -1.82. The van der Waals surface area contributed by atoms with Gasteiger partial charge >= 0.3 is 6.61 Å². The van der Waals surface area contributed by atoms with Gasteiger partial charge in [-0.15, -0.1) is 0 Å². The predicted molar refractivity (Wildman–Crippen MR) is 85.1 cm³/mol. The van der Waals surface area contributed by atoms with Crippen molar-refractivity contribution in [2.75, 3.05) is 14.2 Å². The fourth-order valence-corrected chi connectivity index (χ4v) is 1.96. The average Bonchev–Trinajstić information content (AvgIpc) is 2.48. The molecule has 0 saturated carbocycles. The summed E-state index contributed by atoms with van der Waals surface area (Å²) in [6.07, 6.45) is 0. The molecule has 0 aliphatic rings. The van der Waals surface area contributed by atoms with Gasteiger partial charge in [0.15, 0.2) is 11.5 Å². The molecule has 0 atom stereocenters. The number of ether oxygens (including phenoxy) is 3. The van der Waals surface area contributed by atoms with E-state index in [1.807, 2.05) is 31.2 Å². The Morgan fingerprint density at radius 2 is 1.55 bits per heavy atom. The van der Waals surface area contributed by atoms with Crippen LogP contribution in [-0.4, -0.2) is 20.8 Å². The maximum absolute atomic E-state index is 11.9. The van der Waals surface area contributed by atoms with E-state index < -0.39 is 6.61 Å². The van der Waals surface area contributed by atoms with Crippen LogP contribution in [0.3, 0.4) is 0 Å². The second-order valence-electron chi connectivity index (χ2n) is 4.14. The second kappa shape index (κ2) is 9.25. The number of halogens is 3. The molecule has 22 heavy (non-hydrogen) atoms. The predicted octanol–water partition coefficient (Wildman–Crippen LogP) is 5.06. The Kier molecular flexibility index (Phi) is 7.66. The molecule has 2 aromatic carbocycles. The van der Waals surface area contributed by atoms with Crippen LogP contribution in [0, 0.1) is 6.92 Å². The molecule has 3 nitrogen and oxygen atoms in total. The largest absolute Gasteiger partial charge is 0.496 e. The topological polar surface area (TPSA) is 27.7 Å². The summed E-state index contributed by atoms with van der Waals surface area (Å²) in [5, 5.41) is 0. The summed E-state index contributed by atoms with van der Waals surface area (Å²) in [4.78, 5) is 0. The summed E-state index contributed by atoms with van der Waals surface area (Å²) in [6.45, 7) is -0.818. The van der Waals surface area contributed by atoms with Crippen LogP contribution in [-0.2, 0) is 0 Å². The first-order valence-corrected chi connectivity index (χ1v) is 7.15. The highest BCUT2D eigenvalue weighted by Crippen LogP contribution is 2.31. The highest BCUT2D eigenvalue weighted by Gasteiger charge is 2.10. The molecule has 2 aromatic rings. The number of rotatable bonds is 4. The van der Waals surface area contributed by atoms with E-state index >= 15 is 0 Å². The molecule has 0 aromatic heterocycles. The third kappa shape index (κ3) is 5.89. The zero-order valence-corrected chi connectivity index (χ0v) is 14.1. The van der Waals surface area contributed by atoms with Crippen molar-refractivity contribution in [3.63, 3.8) is 0 Å². The lowest BCUT2D eigenvalue weighted by atomic mass is 10.2. The van der Waals surface area contributed by atoms with E-state index in [4.69, 9.17) is 9.47 Å². The lowest BCUT2D eigenvalue weighted by Crippen LogP contribution is -2.03. The minimum Gasteiger partial charge on any atom is -0.496 e. The lowest BCUT2D eigenvalue weighted by Gasteiger charge is -2.09. The van der Waals surface area contributed by atoms with Crippen molar-refractivity contribution in [3.8, 4) is 17.2 Å². The Bertz CT molecular complexity index is 591. The van der Waals surface area contributed by atoms with Gasteiger partial charge in [0, 0.05) is 4.47 Å².